The van der Waals surface area contributed by atoms with Gasteiger partial charge in [-0.1, -0.05) is 24.8 Å². The first-order valence-corrected chi connectivity index (χ1v) is 6.46. The molecule has 2 aromatic carbocycles. The Kier molecular flexibility index (Phi) is 3.10. The van der Waals surface area contributed by atoms with Crippen molar-refractivity contribution < 1.29 is 19.7 Å². The Hall–Kier alpha value is -3.21. The molecule has 110 valence electrons. The van der Waals surface area contributed by atoms with E-state index in [1.165, 1.54) is 24.5 Å². The van der Waals surface area contributed by atoms with Crippen molar-refractivity contribution in [1.82, 2.24) is 0 Å². The molecule has 0 aliphatic heterocycles. The highest BCUT2D eigenvalue weighted by Crippen LogP contribution is 2.46. The van der Waals surface area contributed by atoms with Crippen molar-refractivity contribution in [2.45, 2.75) is 0 Å². The number of fused-ring (bicyclic) bond motifs is 1. The van der Waals surface area contributed by atoms with Gasteiger partial charge in [0.2, 0.25) is 5.75 Å². The summed E-state index contributed by atoms with van der Waals surface area (Å²) >= 11 is 0. The molecule has 0 aliphatic carbocycles. The number of hydrogen-bond donors (Lipinski definition) is 3. The van der Waals surface area contributed by atoms with Gasteiger partial charge in [0.25, 0.3) is 0 Å². The molecule has 3 aromatic rings. The SMILES string of the molecule is C=Cc1cc(O)c(O)c(O)c1-c1cccc2occc(=O)c12. The lowest BCUT2D eigenvalue weighted by atomic mass is 9.94. The summed E-state index contributed by atoms with van der Waals surface area (Å²) in [4.78, 5) is 12.2. The van der Waals surface area contributed by atoms with Crippen molar-refractivity contribution in [2.75, 3.05) is 0 Å². The summed E-state index contributed by atoms with van der Waals surface area (Å²) in [6.45, 7) is 3.63. The van der Waals surface area contributed by atoms with Crippen molar-refractivity contribution in [3.8, 4) is 28.4 Å². The van der Waals surface area contributed by atoms with E-state index in [0.717, 1.165) is 0 Å². The van der Waals surface area contributed by atoms with Crippen molar-refractivity contribution in [3.05, 3.63) is 59.0 Å². The summed E-state index contributed by atoms with van der Waals surface area (Å²) in [5.74, 6) is -1.65. The number of phenolic OH excluding ortho intramolecular Hbond substituents is 3. The van der Waals surface area contributed by atoms with Gasteiger partial charge in [0.1, 0.15) is 5.58 Å². The number of benzene rings is 2. The molecule has 3 N–H and O–H groups in total. The van der Waals surface area contributed by atoms with Crippen molar-refractivity contribution in [2.24, 2.45) is 0 Å². The minimum absolute atomic E-state index is 0.203. The minimum Gasteiger partial charge on any atom is -0.504 e. The number of rotatable bonds is 2. The van der Waals surface area contributed by atoms with E-state index in [1.54, 1.807) is 18.2 Å². The lowest BCUT2D eigenvalue weighted by Gasteiger charge is -2.13. The van der Waals surface area contributed by atoms with Crippen LogP contribution in [0.15, 0.2) is 52.4 Å². The largest absolute Gasteiger partial charge is 0.504 e. The molecular formula is C17H12O5. The van der Waals surface area contributed by atoms with Crippen LogP contribution < -0.4 is 5.43 Å². The average molecular weight is 296 g/mol. The first-order chi connectivity index (χ1) is 10.5. The fourth-order valence-electron chi connectivity index (χ4n) is 2.45. The standard InChI is InChI=1S/C17H12O5/c1-2-9-8-12(19)16(20)17(21)14(9)10-4-3-5-13-15(10)11(18)6-7-22-13/h2-8,19-21H,1H2. The van der Waals surface area contributed by atoms with Gasteiger partial charge in [-0.3, -0.25) is 4.79 Å². The van der Waals surface area contributed by atoms with Crippen LogP contribution in [0.2, 0.25) is 0 Å². The van der Waals surface area contributed by atoms with Gasteiger partial charge in [-0.25, -0.2) is 0 Å². The Morgan fingerprint density at radius 2 is 1.86 bits per heavy atom. The first-order valence-electron chi connectivity index (χ1n) is 6.46. The van der Waals surface area contributed by atoms with Gasteiger partial charge in [0, 0.05) is 17.2 Å². The smallest absolute Gasteiger partial charge is 0.200 e. The van der Waals surface area contributed by atoms with Crippen LogP contribution in [0.3, 0.4) is 0 Å². The number of phenols is 3. The van der Waals surface area contributed by atoms with Gasteiger partial charge >= 0.3 is 0 Å². The third-order valence-electron chi connectivity index (χ3n) is 3.46. The maximum Gasteiger partial charge on any atom is 0.200 e. The predicted molar refractivity (Wildman–Crippen MR) is 83.0 cm³/mol. The molecule has 0 aliphatic rings. The molecule has 0 spiro atoms. The molecule has 3 rings (SSSR count). The predicted octanol–water partition coefficient (Wildman–Crippen LogP) is 3.22. The van der Waals surface area contributed by atoms with Crippen LogP contribution >= 0.6 is 0 Å². The number of aromatic hydroxyl groups is 3. The third kappa shape index (κ3) is 1.91. The second-order valence-electron chi connectivity index (χ2n) is 4.72. The van der Waals surface area contributed by atoms with Crippen molar-refractivity contribution in [3.63, 3.8) is 0 Å². The van der Waals surface area contributed by atoms with E-state index in [4.69, 9.17) is 4.42 Å². The lowest BCUT2D eigenvalue weighted by Crippen LogP contribution is -2.01. The molecule has 1 aromatic heterocycles. The fraction of sp³-hybridized carbons (Fsp3) is 0. The highest BCUT2D eigenvalue weighted by molar-refractivity contribution is 5.98. The summed E-state index contributed by atoms with van der Waals surface area (Å²) in [5, 5.41) is 29.9. The van der Waals surface area contributed by atoms with E-state index in [0.29, 0.717) is 16.7 Å². The molecule has 0 saturated heterocycles. The van der Waals surface area contributed by atoms with Gasteiger partial charge in [-0.2, -0.15) is 0 Å². The maximum atomic E-state index is 12.2. The van der Waals surface area contributed by atoms with Gasteiger partial charge < -0.3 is 19.7 Å². The van der Waals surface area contributed by atoms with Gasteiger partial charge in [-0.05, 0) is 17.7 Å². The average Bonchev–Trinajstić information content (AvgIpc) is 2.52. The van der Waals surface area contributed by atoms with Crippen LogP contribution in [0.5, 0.6) is 17.2 Å². The quantitative estimate of drug-likeness (QED) is 0.632. The molecule has 0 saturated carbocycles. The van der Waals surface area contributed by atoms with E-state index < -0.39 is 17.2 Å². The molecule has 0 atom stereocenters. The molecule has 0 radical (unpaired) electrons. The van der Waals surface area contributed by atoms with E-state index in [2.05, 4.69) is 6.58 Å². The summed E-state index contributed by atoms with van der Waals surface area (Å²) in [7, 11) is 0. The monoisotopic (exact) mass is 296 g/mol. The highest BCUT2D eigenvalue weighted by Gasteiger charge is 2.20. The molecule has 0 fully saturated rings. The van der Waals surface area contributed by atoms with Crippen LogP contribution in [0.1, 0.15) is 5.56 Å². The number of hydrogen-bond acceptors (Lipinski definition) is 5. The van der Waals surface area contributed by atoms with Crippen LogP contribution in [-0.4, -0.2) is 15.3 Å². The molecular weight excluding hydrogens is 284 g/mol. The normalized spacial score (nSPS) is 10.7. The van der Waals surface area contributed by atoms with Crippen LogP contribution in [0, 0.1) is 0 Å². The molecule has 5 nitrogen and oxygen atoms in total. The van der Waals surface area contributed by atoms with Gasteiger partial charge in [0.05, 0.1) is 11.6 Å². The molecule has 0 bridgehead atoms. The van der Waals surface area contributed by atoms with E-state index in [9.17, 15) is 20.1 Å². The second-order valence-corrected chi connectivity index (χ2v) is 4.72. The Morgan fingerprint density at radius 3 is 2.59 bits per heavy atom. The lowest BCUT2D eigenvalue weighted by molar-refractivity contribution is 0.369. The van der Waals surface area contributed by atoms with E-state index in [1.807, 2.05) is 0 Å². The van der Waals surface area contributed by atoms with E-state index >= 15 is 0 Å². The van der Waals surface area contributed by atoms with Crippen LogP contribution in [0.4, 0.5) is 0 Å². The zero-order valence-electron chi connectivity index (χ0n) is 11.4. The zero-order chi connectivity index (χ0) is 15.9. The highest BCUT2D eigenvalue weighted by atomic mass is 16.3. The molecule has 1 heterocycles. The molecule has 0 unspecified atom stereocenters. The third-order valence-corrected chi connectivity index (χ3v) is 3.46. The Bertz CT molecular complexity index is 948. The fourth-order valence-corrected chi connectivity index (χ4v) is 2.45. The van der Waals surface area contributed by atoms with Crippen molar-refractivity contribution in [1.29, 1.82) is 0 Å². The van der Waals surface area contributed by atoms with E-state index in [-0.39, 0.29) is 16.4 Å². The van der Waals surface area contributed by atoms with Crippen molar-refractivity contribution >= 4 is 17.0 Å². The molecule has 5 heteroatoms. The first kappa shape index (κ1) is 13.8. The zero-order valence-corrected chi connectivity index (χ0v) is 11.4. The Balaban J connectivity index is 2.51. The Labute approximate surface area is 125 Å². The van der Waals surface area contributed by atoms with Crippen LogP contribution in [0.25, 0.3) is 28.2 Å². The summed E-state index contributed by atoms with van der Waals surface area (Å²) in [6, 6.07) is 7.46. The molecule has 22 heavy (non-hydrogen) atoms. The summed E-state index contributed by atoms with van der Waals surface area (Å²) in [5.41, 5.74) is 1.04. The summed E-state index contributed by atoms with van der Waals surface area (Å²) in [6.07, 6.45) is 2.70. The molecule has 0 amide bonds. The Morgan fingerprint density at radius 1 is 1.09 bits per heavy atom. The maximum absolute atomic E-state index is 12.2. The minimum atomic E-state index is -0.655. The van der Waals surface area contributed by atoms with Gasteiger partial charge in [0.15, 0.2) is 16.9 Å². The van der Waals surface area contributed by atoms with Crippen LogP contribution in [-0.2, 0) is 0 Å². The summed E-state index contributed by atoms with van der Waals surface area (Å²) < 4.78 is 5.30. The van der Waals surface area contributed by atoms with Gasteiger partial charge in [-0.15, -0.1) is 0 Å². The second kappa shape index (κ2) is 4.96. The topological polar surface area (TPSA) is 90.9 Å².